The number of fused-ring (bicyclic) bond motifs is 1. The van der Waals surface area contributed by atoms with Gasteiger partial charge in [0, 0.05) is 18.3 Å². The van der Waals surface area contributed by atoms with Crippen molar-refractivity contribution in [3.8, 4) is 0 Å². The largest absolute Gasteiger partial charge is 0.432 e. The molecule has 5 rings (SSSR count). The molecule has 5 nitrogen and oxygen atoms in total. The topological polar surface area (TPSA) is 54.0 Å². The molecule has 0 aromatic carbocycles. The first-order valence-electron chi connectivity index (χ1n) is 7.21. The zero-order valence-electron chi connectivity index (χ0n) is 11.5. The molecule has 1 saturated carbocycles. The summed E-state index contributed by atoms with van der Waals surface area (Å²) in [5, 5.41) is 0. The molecule has 106 valence electrons. The molecule has 4 saturated heterocycles. The standard InChI is InChI=1S/C14H20O5/c1-7-4-5-9-8(2)11(15)16-12-14(9)10(7)6-13(3,17-12)18-19-14/h7-10,12H,4-6H2,1-3H3/t7-,8-,9+,10+,12-,13?,14+/m1/s1. The number of esters is 1. The molecule has 0 amide bonds. The molecule has 19 heavy (non-hydrogen) atoms. The van der Waals surface area contributed by atoms with E-state index in [4.69, 9.17) is 19.2 Å². The van der Waals surface area contributed by atoms with Crippen molar-refractivity contribution in [3.05, 3.63) is 0 Å². The van der Waals surface area contributed by atoms with E-state index < -0.39 is 17.7 Å². The van der Waals surface area contributed by atoms with Gasteiger partial charge in [-0.1, -0.05) is 13.8 Å². The maximum Gasteiger partial charge on any atom is 0.311 e. The summed E-state index contributed by atoms with van der Waals surface area (Å²) in [6, 6.07) is 0. The van der Waals surface area contributed by atoms with E-state index in [1.54, 1.807) is 0 Å². The van der Waals surface area contributed by atoms with Crippen molar-refractivity contribution in [3.63, 3.8) is 0 Å². The summed E-state index contributed by atoms with van der Waals surface area (Å²) in [6.45, 7) is 6.04. The lowest BCUT2D eigenvalue weighted by Crippen LogP contribution is -2.76. The van der Waals surface area contributed by atoms with Crippen molar-refractivity contribution >= 4 is 5.97 Å². The summed E-state index contributed by atoms with van der Waals surface area (Å²) in [5.74, 6) is -0.109. The van der Waals surface area contributed by atoms with E-state index in [1.165, 1.54) is 0 Å². The van der Waals surface area contributed by atoms with E-state index in [9.17, 15) is 4.79 Å². The van der Waals surface area contributed by atoms with Crippen LogP contribution in [0.5, 0.6) is 0 Å². The van der Waals surface area contributed by atoms with Crippen molar-refractivity contribution in [1.29, 1.82) is 0 Å². The molecule has 0 N–H and O–H groups in total. The predicted octanol–water partition coefficient (Wildman–Crippen LogP) is 2.00. The number of carbonyl (C=O) groups excluding carboxylic acids is 1. The summed E-state index contributed by atoms with van der Waals surface area (Å²) in [4.78, 5) is 23.3. The van der Waals surface area contributed by atoms with Crippen LogP contribution in [0.15, 0.2) is 0 Å². The van der Waals surface area contributed by atoms with E-state index in [2.05, 4.69) is 6.92 Å². The Labute approximate surface area is 112 Å². The predicted molar refractivity (Wildman–Crippen MR) is 63.4 cm³/mol. The Bertz CT molecular complexity index is 438. The van der Waals surface area contributed by atoms with Gasteiger partial charge in [-0.2, -0.15) is 0 Å². The molecule has 0 aromatic rings. The molecule has 0 radical (unpaired) electrons. The van der Waals surface area contributed by atoms with Crippen LogP contribution >= 0.6 is 0 Å². The second-order valence-electron chi connectivity index (χ2n) is 6.80. The van der Waals surface area contributed by atoms with Gasteiger partial charge < -0.3 is 9.47 Å². The molecule has 2 bridgehead atoms. The second kappa shape index (κ2) is 3.51. The van der Waals surface area contributed by atoms with E-state index in [-0.39, 0.29) is 17.8 Å². The minimum atomic E-state index is -0.784. The van der Waals surface area contributed by atoms with E-state index in [0.717, 1.165) is 19.3 Å². The van der Waals surface area contributed by atoms with Gasteiger partial charge in [-0.25, -0.2) is 9.78 Å². The fourth-order valence-electron chi connectivity index (χ4n) is 4.58. The Morgan fingerprint density at radius 1 is 1.16 bits per heavy atom. The summed E-state index contributed by atoms with van der Waals surface area (Å²) in [7, 11) is 0. The Morgan fingerprint density at radius 2 is 1.95 bits per heavy atom. The monoisotopic (exact) mass is 268 g/mol. The Hall–Kier alpha value is -0.650. The fraction of sp³-hybridized carbons (Fsp3) is 0.929. The highest BCUT2D eigenvalue weighted by Crippen LogP contribution is 2.61. The van der Waals surface area contributed by atoms with Gasteiger partial charge in [0.1, 0.15) is 0 Å². The molecule has 1 aliphatic carbocycles. The summed E-state index contributed by atoms with van der Waals surface area (Å²) in [5.41, 5.74) is -0.594. The average Bonchev–Trinajstić information content (AvgIpc) is 2.37. The first-order valence-corrected chi connectivity index (χ1v) is 7.21. The lowest BCUT2D eigenvalue weighted by molar-refractivity contribution is -0.599. The average molecular weight is 268 g/mol. The highest BCUT2D eigenvalue weighted by Gasteiger charge is 2.72. The molecule has 1 unspecified atom stereocenters. The Morgan fingerprint density at radius 3 is 2.74 bits per heavy atom. The second-order valence-corrected chi connectivity index (χ2v) is 6.80. The highest BCUT2D eigenvalue weighted by atomic mass is 17.3. The number of hydrogen-bond acceptors (Lipinski definition) is 5. The normalized spacial score (nSPS) is 59.5. The van der Waals surface area contributed by atoms with Crippen LogP contribution in [-0.4, -0.2) is 23.6 Å². The van der Waals surface area contributed by atoms with Gasteiger partial charge in [-0.05, 0) is 25.7 Å². The van der Waals surface area contributed by atoms with Crippen molar-refractivity contribution in [2.45, 2.75) is 57.7 Å². The molecule has 1 spiro atoms. The summed E-state index contributed by atoms with van der Waals surface area (Å²) >= 11 is 0. The molecule has 4 aliphatic heterocycles. The summed E-state index contributed by atoms with van der Waals surface area (Å²) < 4.78 is 11.4. The van der Waals surface area contributed by atoms with Crippen LogP contribution in [0.2, 0.25) is 0 Å². The van der Waals surface area contributed by atoms with Crippen LogP contribution in [0.25, 0.3) is 0 Å². The van der Waals surface area contributed by atoms with Gasteiger partial charge >= 0.3 is 5.97 Å². The Kier molecular flexibility index (Phi) is 2.24. The minimum absolute atomic E-state index is 0.129. The van der Waals surface area contributed by atoms with Gasteiger partial charge in [0.2, 0.25) is 12.1 Å². The van der Waals surface area contributed by atoms with Crippen molar-refractivity contribution in [2.75, 3.05) is 0 Å². The minimum Gasteiger partial charge on any atom is -0.432 e. The number of ether oxygens (including phenoxy) is 2. The third-order valence-electron chi connectivity index (χ3n) is 5.66. The van der Waals surface area contributed by atoms with E-state index in [0.29, 0.717) is 11.8 Å². The Balaban J connectivity index is 1.83. The molecule has 5 fully saturated rings. The smallest absolute Gasteiger partial charge is 0.311 e. The summed E-state index contributed by atoms with van der Waals surface area (Å²) in [6.07, 6.45) is 2.29. The van der Waals surface area contributed by atoms with Crippen LogP contribution in [0.3, 0.4) is 0 Å². The van der Waals surface area contributed by atoms with Gasteiger partial charge in [0.25, 0.3) is 0 Å². The zero-order valence-corrected chi connectivity index (χ0v) is 11.5. The fourth-order valence-corrected chi connectivity index (χ4v) is 4.58. The molecule has 0 aromatic heterocycles. The van der Waals surface area contributed by atoms with Crippen molar-refractivity contribution in [2.24, 2.45) is 23.7 Å². The van der Waals surface area contributed by atoms with Gasteiger partial charge in [0.15, 0.2) is 5.60 Å². The van der Waals surface area contributed by atoms with E-state index in [1.807, 2.05) is 13.8 Å². The van der Waals surface area contributed by atoms with Crippen LogP contribution in [-0.2, 0) is 24.0 Å². The number of carbonyl (C=O) groups is 1. The SMILES string of the molecule is C[C@@H]1CC[C@H]2[C@@H](C)C(=O)O[C@@H]3OC4(C)C[C@@H]1[C@]32OO4. The molecule has 7 atom stereocenters. The van der Waals surface area contributed by atoms with Crippen molar-refractivity contribution in [1.82, 2.24) is 0 Å². The van der Waals surface area contributed by atoms with Gasteiger partial charge in [-0.15, -0.1) is 0 Å². The van der Waals surface area contributed by atoms with E-state index >= 15 is 0 Å². The van der Waals surface area contributed by atoms with Gasteiger partial charge in [-0.3, -0.25) is 4.79 Å². The van der Waals surface area contributed by atoms with Crippen LogP contribution < -0.4 is 0 Å². The lowest BCUT2D eigenvalue weighted by Gasteiger charge is -2.65. The first kappa shape index (κ1) is 12.1. The first-order chi connectivity index (χ1) is 8.96. The third-order valence-corrected chi connectivity index (χ3v) is 5.66. The van der Waals surface area contributed by atoms with Crippen LogP contribution in [0, 0.1) is 23.7 Å². The molecular formula is C14H20O5. The van der Waals surface area contributed by atoms with Crippen LogP contribution in [0.1, 0.15) is 40.0 Å². The molecule has 5 heteroatoms. The molecular weight excluding hydrogens is 248 g/mol. The third kappa shape index (κ3) is 1.33. The maximum atomic E-state index is 12.0. The maximum absolute atomic E-state index is 12.0. The van der Waals surface area contributed by atoms with Crippen LogP contribution in [0.4, 0.5) is 0 Å². The van der Waals surface area contributed by atoms with Crippen molar-refractivity contribution < 1.29 is 24.0 Å². The highest BCUT2D eigenvalue weighted by molar-refractivity contribution is 5.74. The quantitative estimate of drug-likeness (QED) is 0.497. The number of rotatable bonds is 0. The van der Waals surface area contributed by atoms with Gasteiger partial charge in [0.05, 0.1) is 5.92 Å². The number of hydrogen-bond donors (Lipinski definition) is 0. The lowest BCUT2D eigenvalue weighted by atomic mass is 9.56. The molecule has 5 aliphatic rings. The molecule has 4 heterocycles. The zero-order chi connectivity index (χ0) is 13.4.